The van der Waals surface area contributed by atoms with Crippen molar-refractivity contribution >= 4 is 11.8 Å². The first-order valence-electron chi connectivity index (χ1n) is 9.32. The zero-order valence-corrected chi connectivity index (χ0v) is 15.1. The van der Waals surface area contributed by atoms with E-state index in [4.69, 9.17) is 10.5 Å². The van der Waals surface area contributed by atoms with Gasteiger partial charge in [0.2, 0.25) is 5.91 Å². The molecule has 3 rings (SSSR count). The molecule has 0 aromatic heterocycles. The van der Waals surface area contributed by atoms with E-state index in [0.717, 1.165) is 25.8 Å². The normalized spacial score (nSPS) is 26.8. The Bertz CT molecular complexity index is 626. The lowest BCUT2D eigenvalue weighted by molar-refractivity contribution is -0.149. The minimum Gasteiger partial charge on any atom is -0.367 e. The van der Waals surface area contributed by atoms with Crippen LogP contribution in [0.25, 0.3) is 0 Å². The first-order chi connectivity index (χ1) is 12.0. The van der Waals surface area contributed by atoms with Gasteiger partial charge in [-0.3, -0.25) is 9.59 Å². The summed E-state index contributed by atoms with van der Waals surface area (Å²) < 4.78 is 5.61. The zero-order chi connectivity index (χ0) is 18.0. The number of nitrogens with zero attached hydrogens (tertiary/aromatic N) is 1. The molecule has 1 aromatic carbocycles. The van der Waals surface area contributed by atoms with E-state index in [1.807, 2.05) is 4.90 Å². The second-order valence-corrected chi connectivity index (χ2v) is 7.46. The number of carbonyl (C=O) groups excluding carboxylic acids is 2. The van der Waals surface area contributed by atoms with Crippen LogP contribution in [-0.2, 0) is 14.3 Å². The predicted octanol–water partition coefficient (Wildman–Crippen LogP) is 2.90. The number of benzene rings is 1. The summed E-state index contributed by atoms with van der Waals surface area (Å²) in [7, 11) is 0. The maximum Gasteiger partial charge on any atom is 0.252 e. The van der Waals surface area contributed by atoms with Crippen molar-refractivity contribution in [1.82, 2.24) is 4.90 Å². The fraction of sp³-hybridized carbons (Fsp3) is 0.600. The highest BCUT2D eigenvalue weighted by atomic mass is 16.5. The maximum absolute atomic E-state index is 13.0. The van der Waals surface area contributed by atoms with Crippen LogP contribution >= 0.6 is 0 Å². The van der Waals surface area contributed by atoms with Gasteiger partial charge in [-0.05, 0) is 49.1 Å². The molecule has 1 aromatic rings. The lowest BCUT2D eigenvalue weighted by atomic mass is 9.92. The van der Waals surface area contributed by atoms with Gasteiger partial charge in [0, 0.05) is 6.54 Å². The molecule has 2 amide bonds. The van der Waals surface area contributed by atoms with Crippen LogP contribution in [-0.4, -0.2) is 35.5 Å². The number of amides is 2. The molecule has 2 aliphatic rings. The van der Waals surface area contributed by atoms with E-state index in [9.17, 15) is 9.59 Å². The summed E-state index contributed by atoms with van der Waals surface area (Å²) >= 11 is 0. The number of hydrogen-bond acceptors (Lipinski definition) is 3. The fourth-order valence-electron chi connectivity index (χ4n) is 3.86. The maximum atomic E-state index is 13.0. The molecule has 0 aliphatic carbocycles. The van der Waals surface area contributed by atoms with Crippen LogP contribution in [0.1, 0.15) is 69.0 Å². The molecule has 2 fully saturated rings. The summed E-state index contributed by atoms with van der Waals surface area (Å²) in [6.45, 7) is 5.10. The number of likely N-dealkylation sites (tertiary alicyclic amines) is 1. The van der Waals surface area contributed by atoms with Gasteiger partial charge in [0.15, 0.2) is 0 Å². The summed E-state index contributed by atoms with van der Waals surface area (Å²) in [4.78, 5) is 26.2. The molecule has 0 saturated carbocycles. The highest BCUT2D eigenvalue weighted by Crippen LogP contribution is 2.34. The van der Waals surface area contributed by atoms with Crippen LogP contribution in [0, 0.1) is 0 Å². The van der Waals surface area contributed by atoms with Gasteiger partial charge in [0.1, 0.15) is 12.2 Å². The molecular weight excluding hydrogens is 316 g/mol. The molecule has 5 heteroatoms. The molecule has 2 N–H and O–H groups in total. The van der Waals surface area contributed by atoms with Crippen LogP contribution in [0.15, 0.2) is 24.3 Å². The van der Waals surface area contributed by atoms with Crippen molar-refractivity contribution in [2.45, 2.75) is 70.1 Å². The minimum absolute atomic E-state index is 0.00128. The van der Waals surface area contributed by atoms with E-state index in [2.05, 4.69) is 38.1 Å². The second kappa shape index (κ2) is 7.56. The van der Waals surface area contributed by atoms with Crippen molar-refractivity contribution in [2.75, 3.05) is 6.54 Å². The first-order valence-corrected chi connectivity index (χ1v) is 9.32. The number of primary amides is 1. The molecule has 0 spiro atoms. The quantitative estimate of drug-likeness (QED) is 0.913. The Balaban J connectivity index is 1.74. The third-order valence-electron chi connectivity index (χ3n) is 5.39. The van der Waals surface area contributed by atoms with Crippen LogP contribution in [0.3, 0.4) is 0 Å². The summed E-state index contributed by atoms with van der Waals surface area (Å²) in [6, 6.07) is 8.71. The molecule has 136 valence electrons. The van der Waals surface area contributed by atoms with E-state index in [1.165, 1.54) is 11.1 Å². The lowest BCUT2D eigenvalue weighted by Gasteiger charge is -2.37. The summed E-state index contributed by atoms with van der Waals surface area (Å²) in [5.41, 5.74) is 7.80. The molecule has 25 heavy (non-hydrogen) atoms. The highest BCUT2D eigenvalue weighted by Gasteiger charge is 2.38. The Hall–Kier alpha value is -1.88. The fourth-order valence-corrected chi connectivity index (χ4v) is 3.86. The summed E-state index contributed by atoms with van der Waals surface area (Å²) in [6.07, 6.45) is 3.05. The van der Waals surface area contributed by atoms with E-state index < -0.39 is 18.1 Å². The van der Waals surface area contributed by atoms with Gasteiger partial charge in [-0.25, -0.2) is 0 Å². The van der Waals surface area contributed by atoms with Crippen molar-refractivity contribution in [3.05, 3.63) is 35.4 Å². The number of hydrogen-bond donors (Lipinski definition) is 1. The average Bonchev–Trinajstić information content (AvgIpc) is 3.11. The standard InChI is InChI=1S/C20H28N2O3/c1-13(2)14-6-8-15(9-7-14)16-5-3-4-12-22(16)20(24)18-11-10-17(25-18)19(21)23/h6-9,13,16-18H,3-5,10-12H2,1-2H3,(H2,21,23). The molecule has 2 saturated heterocycles. The predicted molar refractivity (Wildman–Crippen MR) is 95.9 cm³/mol. The molecule has 2 heterocycles. The Morgan fingerprint density at radius 2 is 1.76 bits per heavy atom. The van der Waals surface area contributed by atoms with Gasteiger partial charge >= 0.3 is 0 Å². The zero-order valence-electron chi connectivity index (χ0n) is 15.1. The first kappa shape index (κ1) is 17.9. The smallest absolute Gasteiger partial charge is 0.252 e. The minimum atomic E-state index is -0.623. The molecule has 3 unspecified atom stereocenters. The van der Waals surface area contributed by atoms with E-state index in [0.29, 0.717) is 18.8 Å². The average molecular weight is 344 g/mol. The number of carbonyl (C=O) groups is 2. The van der Waals surface area contributed by atoms with Crippen LogP contribution < -0.4 is 5.73 Å². The number of ether oxygens (including phenoxy) is 1. The van der Waals surface area contributed by atoms with Gasteiger partial charge in [-0.1, -0.05) is 38.1 Å². The Labute approximate surface area is 149 Å². The second-order valence-electron chi connectivity index (χ2n) is 7.46. The van der Waals surface area contributed by atoms with Gasteiger partial charge in [-0.2, -0.15) is 0 Å². The number of rotatable bonds is 4. The molecule has 2 aliphatic heterocycles. The van der Waals surface area contributed by atoms with Crippen molar-refractivity contribution < 1.29 is 14.3 Å². The lowest BCUT2D eigenvalue weighted by Crippen LogP contribution is -2.44. The van der Waals surface area contributed by atoms with Crippen molar-refractivity contribution in [2.24, 2.45) is 5.73 Å². The third kappa shape index (κ3) is 3.87. The van der Waals surface area contributed by atoms with Crippen LogP contribution in [0.2, 0.25) is 0 Å². The Morgan fingerprint density at radius 1 is 1.08 bits per heavy atom. The van der Waals surface area contributed by atoms with Gasteiger partial charge in [0.05, 0.1) is 6.04 Å². The van der Waals surface area contributed by atoms with Crippen molar-refractivity contribution in [3.8, 4) is 0 Å². The largest absolute Gasteiger partial charge is 0.367 e. The molecule has 0 radical (unpaired) electrons. The van der Waals surface area contributed by atoms with E-state index >= 15 is 0 Å². The Kier molecular flexibility index (Phi) is 5.42. The van der Waals surface area contributed by atoms with Gasteiger partial charge in [-0.15, -0.1) is 0 Å². The van der Waals surface area contributed by atoms with Gasteiger partial charge < -0.3 is 15.4 Å². The highest BCUT2D eigenvalue weighted by molar-refractivity contribution is 5.84. The molecule has 5 nitrogen and oxygen atoms in total. The number of piperidine rings is 1. The topological polar surface area (TPSA) is 72.6 Å². The van der Waals surface area contributed by atoms with E-state index in [1.54, 1.807) is 0 Å². The van der Waals surface area contributed by atoms with Crippen LogP contribution in [0.5, 0.6) is 0 Å². The summed E-state index contributed by atoms with van der Waals surface area (Å²) in [5, 5.41) is 0. The SMILES string of the molecule is CC(C)c1ccc(C2CCCCN2C(=O)C2CCC(C(N)=O)O2)cc1. The van der Waals surface area contributed by atoms with Crippen molar-refractivity contribution in [1.29, 1.82) is 0 Å². The monoisotopic (exact) mass is 344 g/mol. The Morgan fingerprint density at radius 3 is 2.36 bits per heavy atom. The number of nitrogens with two attached hydrogens (primary N) is 1. The van der Waals surface area contributed by atoms with Crippen LogP contribution in [0.4, 0.5) is 0 Å². The molecule has 0 bridgehead atoms. The molecule has 3 atom stereocenters. The van der Waals surface area contributed by atoms with Gasteiger partial charge in [0.25, 0.3) is 5.91 Å². The molecular formula is C20H28N2O3. The van der Waals surface area contributed by atoms with E-state index in [-0.39, 0.29) is 11.9 Å². The third-order valence-corrected chi connectivity index (χ3v) is 5.39. The van der Waals surface area contributed by atoms with Crippen molar-refractivity contribution in [3.63, 3.8) is 0 Å². The summed E-state index contributed by atoms with van der Waals surface area (Å²) in [5.74, 6) is 0.0203.